The van der Waals surface area contributed by atoms with Gasteiger partial charge in [-0.25, -0.2) is 0 Å². The number of carbonyl (C=O) groups excluding carboxylic acids is 1. The predicted molar refractivity (Wildman–Crippen MR) is 68.4 cm³/mol. The molecule has 0 spiro atoms. The van der Waals surface area contributed by atoms with Crippen molar-refractivity contribution in [2.45, 2.75) is 12.5 Å². The zero-order chi connectivity index (χ0) is 13.8. The second kappa shape index (κ2) is 5.84. The molecule has 1 aliphatic carbocycles. The van der Waals surface area contributed by atoms with E-state index in [1.54, 1.807) is 7.11 Å². The highest BCUT2D eigenvalue weighted by Crippen LogP contribution is 2.38. The maximum absolute atomic E-state index is 11.7. The van der Waals surface area contributed by atoms with Crippen molar-refractivity contribution in [3.8, 4) is 0 Å². The SMILES string of the molecule is CO[C@H](CNC(=O)[C@H]1C[C@H]1C(=O)O)c1ccccc1. The van der Waals surface area contributed by atoms with E-state index >= 15 is 0 Å². The van der Waals surface area contributed by atoms with E-state index in [9.17, 15) is 9.59 Å². The molecule has 1 aromatic carbocycles. The van der Waals surface area contributed by atoms with Crippen LogP contribution in [-0.2, 0) is 14.3 Å². The number of ether oxygens (including phenoxy) is 1. The molecule has 1 fully saturated rings. The summed E-state index contributed by atoms with van der Waals surface area (Å²) in [5.41, 5.74) is 0.982. The molecule has 1 amide bonds. The maximum Gasteiger partial charge on any atom is 0.307 e. The van der Waals surface area contributed by atoms with Crippen LogP contribution < -0.4 is 5.32 Å². The van der Waals surface area contributed by atoms with Crippen molar-refractivity contribution in [1.29, 1.82) is 0 Å². The third kappa shape index (κ3) is 3.32. The molecule has 0 bridgehead atoms. The van der Waals surface area contributed by atoms with E-state index in [4.69, 9.17) is 9.84 Å². The van der Waals surface area contributed by atoms with Crippen molar-refractivity contribution >= 4 is 11.9 Å². The average Bonchev–Trinajstić information content (AvgIpc) is 3.21. The van der Waals surface area contributed by atoms with Crippen molar-refractivity contribution in [3.63, 3.8) is 0 Å². The molecule has 5 nitrogen and oxygen atoms in total. The quantitative estimate of drug-likeness (QED) is 0.809. The third-order valence-electron chi connectivity index (χ3n) is 3.36. The topological polar surface area (TPSA) is 75.6 Å². The lowest BCUT2D eigenvalue weighted by molar-refractivity contribution is -0.140. The normalized spacial score (nSPS) is 22.6. The summed E-state index contributed by atoms with van der Waals surface area (Å²) >= 11 is 0. The first-order chi connectivity index (χ1) is 9.13. The van der Waals surface area contributed by atoms with Gasteiger partial charge in [-0.1, -0.05) is 30.3 Å². The Hall–Kier alpha value is -1.88. The van der Waals surface area contributed by atoms with Crippen LogP contribution in [0.1, 0.15) is 18.1 Å². The summed E-state index contributed by atoms with van der Waals surface area (Å²) in [6, 6.07) is 9.58. The minimum atomic E-state index is -0.897. The molecule has 0 saturated heterocycles. The third-order valence-corrected chi connectivity index (χ3v) is 3.36. The fraction of sp³-hybridized carbons (Fsp3) is 0.429. The molecule has 1 saturated carbocycles. The van der Waals surface area contributed by atoms with Crippen LogP contribution in [0.4, 0.5) is 0 Å². The number of carboxylic acids is 1. The van der Waals surface area contributed by atoms with Crippen LogP contribution in [-0.4, -0.2) is 30.6 Å². The number of carbonyl (C=O) groups is 2. The number of carboxylic acid groups (broad SMARTS) is 1. The van der Waals surface area contributed by atoms with Crippen LogP contribution in [0.5, 0.6) is 0 Å². The van der Waals surface area contributed by atoms with Crippen molar-refractivity contribution in [2.24, 2.45) is 11.8 Å². The number of amides is 1. The van der Waals surface area contributed by atoms with E-state index < -0.39 is 11.9 Å². The summed E-state index contributed by atoms with van der Waals surface area (Å²) in [4.78, 5) is 22.4. The van der Waals surface area contributed by atoms with E-state index in [0.29, 0.717) is 13.0 Å². The van der Waals surface area contributed by atoms with Crippen LogP contribution in [0.2, 0.25) is 0 Å². The van der Waals surface area contributed by atoms with Crippen LogP contribution in [0, 0.1) is 11.8 Å². The van der Waals surface area contributed by atoms with Crippen molar-refractivity contribution < 1.29 is 19.4 Å². The van der Waals surface area contributed by atoms with Gasteiger partial charge in [0.05, 0.1) is 17.9 Å². The molecular weight excluding hydrogens is 246 g/mol. The summed E-state index contributed by atoms with van der Waals surface area (Å²) < 4.78 is 5.33. The van der Waals surface area contributed by atoms with E-state index in [1.807, 2.05) is 30.3 Å². The van der Waals surface area contributed by atoms with Gasteiger partial charge in [-0.2, -0.15) is 0 Å². The molecule has 2 N–H and O–H groups in total. The van der Waals surface area contributed by atoms with Crippen molar-refractivity contribution in [3.05, 3.63) is 35.9 Å². The Balaban J connectivity index is 1.84. The number of aliphatic carboxylic acids is 1. The zero-order valence-corrected chi connectivity index (χ0v) is 10.7. The highest BCUT2D eigenvalue weighted by Gasteiger charge is 2.48. The smallest absolute Gasteiger partial charge is 0.307 e. The molecule has 3 atom stereocenters. The Morgan fingerprint density at radius 1 is 1.37 bits per heavy atom. The molecule has 1 aromatic rings. The Bertz CT molecular complexity index is 460. The van der Waals surface area contributed by atoms with Crippen LogP contribution in [0.25, 0.3) is 0 Å². The fourth-order valence-corrected chi connectivity index (χ4v) is 2.09. The Labute approximate surface area is 111 Å². The van der Waals surface area contributed by atoms with Gasteiger partial charge in [0.2, 0.25) is 5.91 Å². The lowest BCUT2D eigenvalue weighted by atomic mass is 10.1. The molecule has 0 heterocycles. The van der Waals surface area contributed by atoms with Crippen LogP contribution in [0.15, 0.2) is 30.3 Å². The average molecular weight is 263 g/mol. The largest absolute Gasteiger partial charge is 0.481 e. The van der Waals surface area contributed by atoms with Crippen LogP contribution >= 0.6 is 0 Å². The second-order valence-electron chi connectivity index (χ2n) is 4.67. The Kier molecular flexibility index (Phi) is 4.16. The molecule has 1 aliphatic rings. The molecule has 19 heavy (non-hydrogen) atoms. The number of hydrogen-bond donors (Lipinski definition) is 2. The Morgan fingerprint density at radius 2 is 2.05 bits per heavy atom. The van der Waals surface area contributed by atoms with Gasteiger partial charge < -0.3 is 15.2 Å². The van der Waals surface area contributed by atoms with Crippen molar-refractivity contribution in [2.75, 3.05) is 13.7 Å². The van der Waals surface area contributed by atoms with Gasteiger partial charge in [0.25, 0.3) is 0 Å². The van der Waals surface area contributed by atoms with E-state index in [0.717, 1.165) is 5.56 Å². The maximum atomic E-state index is 11.7. The van der Waals surface area contributed by atoms with Crippen molar-refractivity contribution in [1.82, 2.24) is 5.32 Å². The first kappa shape index (κ1) is 13.5. The number of nitrogens with one attached hydrogen (secondary N) is 1. The lowest BCUT2D eigenvalue weighted by Crippen LogP contribution is -2.31. The number of rotatable bonds is 6. The molecular formula is C14H17NO4. The first-order valence-corrected chi connectivity index (χ1v) is 6.21. The number of benzene rings is 1. The standard InChI is InChI=1S/C14H17NO4/c1-19-12(9-5-3-2-4-6-9)8-15-13(16)10-7-11(10)14(17)18/h2-6,10-12H,7-8H2,1H3,(H,15,16)(H,17,18)/t10-,11+,12+/m0/s1. The summed E-state index contributed by atoms with van der Waals surface area (Å²) in [5.74, 6) is -2.00. The number of hydrogen-bond acceptors (Lipinski definition) is 3. The minimum absolute atomic E-state index is 0.203. The van der Waals surface area contributed by atoms with Gasteiger partial charge in [0.1, 0.15) is 0 Å². The lowest BCUT2D eigenvalue weighted by Gasteiger charge is -2.16. The molecule has 0 unspecified atom stereocenters. The van der Waals surface area contributed by atoms with Gasteiger partial charge in [-0.05, 0) is 12.0 Å². The summed E-state index contributed by atoms with van der Waals surface area (Å²) in [5, 5.41) is 11.5. The minimum Gasteiger partial charge on any atom is -0.481 e. The van der Waals surface area contributed by atoms with Crippen LogP contribution in [0.3, 0.4) is 0 Å². The number of methoxy groups -OCH3 is 1. The highest BCUT2D eigenvalue weighted by atomic mass is 16.5. The summed E-state index contributed by atoms with van der Waals surface area (Å²) in [6.45, 7) is 0.349. The zero-order valence-electron chi connectivity index (χ0n) is 10.7. The predicted octanol–water partition coefficient (Wildman–Crippen LogP) is 1.21. The van der Waals surface area contributed by atoms with Gasteiger partial charge in [-0.3, -0.25) is 9.59 Å². The van der Waals surface area contributed by atoms with E-state index in [1.165, 1.54) is 0 Å². The second-order valence-corrected chi connectivity index (χ2v) is 4.67. The molecule has 0 radical (unpaired) electrons. The van der Waals surface area contributed by atoms with Gasteiger partial charge >= 0.3 is 5.97 Å². The molecule has 0 aliphatic heterocycles. The monoisotopic (exact) mass is 263 g/mol. The molecule has 2 rings (SSSR count). The fourth-order valence-electron chi connectivity index (χ4n) is 2.09. The molecule has 0 aromatic heterocycles. The summed E-state index contributed by atoms with van der Waals surface area (Å²) in [6.07, 6.45) is 0.219. The van der Waals surface area contributed by atoms with Gasteiger partial charge in [0, 0.05) is 13.7 Å². The molecule has 5 heteroatoms. The van der Waals surface area contributed by atoms with E-state index in [-0.39, 0.29) is 17.9 Å². The Morgan fingerprint density at radius 3 is 2.58 bits per heavy atom. The van der Waals surface area contributed by atoms with Gasteiger partial charge in [0.15, 0.2) is 0 Å². The summed E-state index contributed by atoms with van der Waals surface area (Å²) in [7, 11) is 1.58. The van der Waals surface area contributed by atoms with Gasteiger partial charge in [-0.15, -0.1) is 0 Å². The first-order valence-electron chi connectivity index (χ1n) is 6.21. The van der Waals surface area contributed by atoms with E-state index in [2.05, 4.69) is 5.32 Å². The molecule has 102 valence electrons. The highest BCUT2D eigenvalue weighted by molar-refractivity contribution is 5.89.